The van der Waals surface area contributed by atoms with Crippen molar-refractivity contribution in [2.24, 2.45) is 0 Å². The lowest BCUT2D eigenvalue weighted by atomic mass is 10.0. The Balaban J connectivity index is 1.84. The SMILES string of the molecule is CCNC(=O)[C@@H](Cc1ccccc1)N(Cc1ccccc1F)C(=O)CN(c1ccccc1OCC)S(=O)(=O)c1ccc(C)cc1. The van der Waals surface area contributed by atoms with Crippen LogP contribution in [0.15, 0.2) is 108 Å². The number of carbonyl (C=O) groups is 2. The van der Waals surface area contributed by atoms with Crippen LogP contribution in [0.5, 0.6) is 5.75 Å². The highest BCUT2D eigenvalue weighted by molar-refractivity contribution is 7.92. The van der Waals surface area contributed by atoms with Crippen molar-refractivity contribution < 1.29 is 27.1 Å². The van der Waals surface area contributed by atoms with Gasteiger partial charge in [0, 0.05) is 25.1 Å². The Hall–Kier alpha value is -4.70. The van der Waals surface area contributed by atoms with Gasteiger partial charge in [-0.3, -0.25) is 13.9 Å². The first kappa shape index (κ1) is 33.2. The summed E-state index contributed by atoms with van der Waals surface area (Å²) in [6, 6.07) is 27.0. The second-order valence-corrected chi connectivity index (χ2v) is 12.3. The largest absolute Gasteiger partial charge is 0.492 e. The third-order valence-corrected chi connectivity index (χ3v) is 9.02. The number of nitrogens with one attached hydrogen (secondary N) is 1. The van der Waals surface area contributed by atoms with Crippen molar-refractivity contribution in [1.82, 2.24) is 10.2 Å². The van der Waals surface area contributed by atoms with Crippen molar-refractivity contribution in [3.05, 3.63) is 126 Å². The molecule has 2 amide bonds. The van der Waals surface area contributed by atoms with Gasteiger partial charge >= 0.3 is 0 Å². The normalized spacial score (nSPS) is 11.8. The zero-order valence-electron chi connectivity index (χ0n) is 25.6. The van der Waals surface area contributed by atoms with Crippen molar-refractivity contribution in [3.8, 4) is 5.75 Å². The average Bonchev–Trinajstić information content (AvgIpc) is 3.03. The van der Waals surface area contributed by atoms with E-state index in [9.17, 15) is 22.4 Å². The topological polar surface area (TPSA) is 96.0 Å². The number of hydrogen-bond donors (Lipinski definition) is 1. The van der Waals surface area contributed by atoms with Crippen LogP contribution < -0.4 is 14.4 Å². The number of benzene rings is 4. The van der Waals surface area contributed by atoms with E-state index in [4.69, 9.17) is 4.74 Å². The minimum atomic E-state index is -4.31. The molecule has 0 fully saturated rings. The molecule has 0 aliphatic carbocycles. The lowest BCUT2D eigenvalue weighted by molar-refractivity contribution is -0.140. The number of anilines is 1. The molecule has 0 aliphatic rings. The standard InChI is InChI=1S/C35H38FN3O5S/c1-4-37-35(41)32(23-27-13-7-6-8-14-27)38(24-28-15-9-10-16-30(28)36)34(40)25-39(31-17-11-12-18-33(31)44-5-2)45(42,43)29-21-19-26(3)20-22-29/h6-22,32H,4-5,23-25H2,1-3H3,(H,37,41)/t32-/m1/s1. The van der Waals surface area contributed by atoms with Crippen LogP contribution in [-0.2, 0) is 32.6 Å². The van der Waals surface area contributed by atoms with Crippen LogP contribution in [0, 0.1) is 12.7 Å². The molecule has 10 heteroatoms. The summed E-state index contributed by atoms with van der Waals surface area (Å²) in [6.45, 7) is 5.03. The molecule has 0 aromatic heterocycles. The summed E-state index contributed by atoms with van der Waals surface area (Å²) < 4.78 is 50.2. The van der Waals surface area contributed by atoms with Crippen LogP contribution in [0.25, 0.3) is 0 Å². The van der Waals surface area contributed by atoms with Gasteiger partial charge in [0.15, 0.2) is 0 Å². The van der Waals surface area contributed by atoms with Crippen LogP contribution in [0.3, 0.4) is 0 Å². The molecule has 4 aromatic carbocycles. The monoisotopic (exact) mass is 631 g/mol. The van der Waals surface area contributed by atoms with Crippen LogP contribution >= 0.6 is 0 Å². The fourth-order valence-corrected chi connectivity index (χ4v) is 6.37. The fourth-order valence-electron chi connectivity index (χ4n) is 4.95. The van der Waals surface area contributed by atoms with E-state index >= 15 is 0 Å². The molecule has 0 bridgehead atoms. The molecule has 45 heavy (non-hydrogen) atoms. The number of carbonyl (C=O) groups excluding carboxylic acids is 2. The predicted octanol–water partition coefficient (Wildman–Crippen LogP) is 5.50. The van der Waals surface area contributed by atoms with E-state index in [1.165, 1.54) is 35.2 Å². The summed E-state index contributed by atoms with van der Waals surface area (Å²) in [5.74, 6) is -1.40. The van der Waals surface area contributed by atoms with Crippen molar-refractivity contribution >= 4 is 27.5 Å². The van der Waals surface area contributed by atoms with Crippen LogP contribution in [-0.4, -0.2) is 50.9 Å². The maximum Gasteiger partial charge on any atom is 0.264 e. The molecule has 0 spiro atoms. The van der Waals surface area contributed by atoms with Crippen molar-refractivity contribution in [2.45, 2.75) is 44.7 Å². The summed E-state index contributed by atoms with van der Waals surface area (Å²) in [7, 11) is -4.31. The molecule has 0 aliphatic heterocycles. The predicted molar refractivity (Wildman–Crippen MR) is 173 cm³/mol. The Morgan fingerprint density at radius 1 is 0.867 bits per heavy atom. The maximum absolute atomic E-state index is 15.0. The van der Waals surface area contributed by atoms with E-state index in [1.807, 2.05) is 37.3 Å². The molecule has 0 heterocycles. The number of halogens is 1. The van der Waals surface area contributed by atoms with Crippen molar-refractivity contribution in [1.29, 1.82) is 0 Å². The first-order valence-electron chi connectivity index (χ1n) is 14.8. The molecule has 0 radical (unpaired) electrons. The average molecular weight is 632 g/mol. The van der Waals surface area contributed by atoms with Crippen molar-refractivity contribution in [3.63, 3.8) is 0 Å². The Bertz CT molecular complexity index is 1700. The molecule has 1 atom stereocenters. The van der Waals surface area contributed by atoms with E-state index in [0.717, 1.165) is 15.4 Å². The molecule has 8 nitrogen and oxygen atoms in total. The van der Waals surface area contributed by atoms with Gasteiger partial charge in [-0.1, -0.05) is 78.4 Å². The Morgan fingerprint density at radius 3 is 2.18 bits per heavy atom. The van der Waals surface area contributed by atoms with Gasteiger partial charge in [0.2, 0.25) is 11.8 Å². The maximum atomic E-state index is 15.0. The summed E-state index contributed by atoms with van der Waals surface area (Å²) in [4.78, 5) is 29.3. The van der Waals surface area contributed by atoms with Crippen LogP contribution in [0.2, 0.25) is 0 Å². The molecule has 0 saturated carbocycles. The van der Waals surface area contributed by atoms with Gasteiger partial charge in [-0.05, 0) is 56.7 Å². The number of hydrogen-bond acceptors (Lipinski definition) is 5. The molecule has 0 saturated heterocycles. The molecule has 4 aromatic rings. The van der Waals surface area contributed by atoms with Crippen LogP contribution in [0.1, 0.15) is 30.5 Å². The number of likely N-dealkylation sites (N-methyl/N-ethyl adjacent to an activating group) is 1. The van der Waals surface area contributed by atoms with Gasteiger partial charge in [0.05, 0.1) is 17.2 Å². The van der Waals surface area contributed by atoms with Crippen molar-refractivity contribution in [2.75, 3.05) is 24.0 Å². The van der Waals surface area contributed by atoms with Gasteiger partial charge in [-0.2, -0.15) is 0 Å². The highest BCUT2D eigenvalue weighted by Crippen LogP contribution is 2.33. The van der Waals surface area contributed by atoms with Gasteiger partial charge in [-0.25, -0.2) is 12.8 Å². The number of para-hydroxylation sites is 2. The lowest BCUT2D eigenvalue weighted by Gasteiger charge is -2.34. The molecule has 236 valence electrons. The number of nitrogens with zero attached hydrogens (tertiary/aromatic N) is 2. The first-order valence-corrected chi connectivity index (χ1v) is 16.3. The second kappa shape index (κ2) is 15.3. The van der Waals surface area contributed by atoms with Gasteiger partial charge in [-0.15, -0.1) is 0 Å². The van der Waals surface area contributed by atoms with E-state index in [0.29, 0.717) is 6.54 Å². The minimum Gasteiger partial charge on any atom is -0.492 e. The van der Waals surface area contributed by atoms with E-state index in [-0.39, 0.29) is 41.5 Å². The molecular weight excluding hydrogens is 593 g/mol. The quantitative estimate of drug-likeness (QED) is 0.198. The van der Waals surface area contributed by atoms with Gasteiger partial charge < -0.3 is 15.0 Å². The summed E-state index contributed by atoms with van der Waals surface area (Å²) in [6.07, 6.45) is 0.132. The summed E-state index contributed by atoms with van der Waals surface area (Å²) in [5, 5.41) is 2.80. The zero-order valence-corrected chi connectivity index (χ0v) is 26.5. The Kier molecular flexibility index (Phi) is 11.3. The van der Waals surface area contributed by atoms with Gasteiger partial charge in [0.1, 0.15) is 24.2 Å². The summed E-state index contributed by atoms with van der Waals surface area (Å²) in [5.41, 5.74) is 2.01. The Labute approximate surface area is 264 Å². The molecule has 0 unspecified atom stereocenters. The number of amides is 2. The third-order valence-electron chi connectivity index (χ3n) is 7.24. The number of rotatable bonds is 14. The van der Waals surface area contributed by atoms with Gasteiger partial charge in [0.25, 0.3) is 10.0 Å². The molecule has 1 N–H and O–H groups in total. The summed E-state index contributed by atoms with van der Waals surface area (Å²) >= 11 is 0. The minimum absolute atomic E-state index is 0.0163. The zero-order chi connectivity index (χ0) is 32.4. The Morgan fingerprint density at radius 2 is 1.51 bits per heavy atom. The number of ether oxygens (including phenoxy) is 1. The second-order valence-electron chi connectivity index (χ2n) is 10.4. The third kappa shape index (κ3) is 8.27. The van der Waals surface area contributed by atoms with E-state index in [1.54, 1.807) is 56.3 Å². The molecule has 4 rings (SSSR count). The van der Waals surface area contributed by atoms with Crippen LogP contribution in [0.4, 0.5) is 10.1 Å². The van der Waals surface area contributed by atoms with E-state index < -0.39 is 40.2 Å². The number of sulfonamides is 1. The molecular formula is C35H38FN3O5S. The lowest BCUT2D eigenvalue weighted by Crippen LogP contribution is -2.53. The first-order chi connectivity index (χ1) is 21.6. The highest BCUT2D eigenvalue weighted by Gasteiger charge is 2.35. The fraction of sp³-hybridized carbons (Fsp3) is 0.257. The smallest absolute Gasteiger partial charge is 0.264 e. The highest BCUT2D eigenvalue weighted by atomic mass is 32.2. The number of aryl methyl sites for hydroxylation is 1. The van der Waals surface area contributed by atoms with E-state index in [2.05, 4.69) is 5.32 Å².